The Labute approximate surface area is 179 Å². The fourth-order valence-corrected chi connectivity index (χ4v) is 3.55. The van der Waals surface area contributed by atoms with E-state index in [1.165, 1.54) is 12.1 Å². The Hall–Kier alpha value is -2.89. The van der Waals surface area contributed by atoms with Gasteiger partial charge in [-0.05, 0) is 34.6 Å². The molecule has 8 heteroatoms. The maximum atomic E-state index is 14.1. The quantitative estimate of drug-likeness (QED) is 0.581. The molecular weight excluding hydrogens is 407 g/mol. The van der Waals surface area contributed by atoms with Crippen molar-refractivity contribution >= 4 is 5.91 Å². The number of halogens is 3. The van der Waals surface area contributed by atoms with E-state index >= 15 is 0 Å². The molecule has 31 heavy (non-hydrogen) atoms. The second kappa shape index (κ2) is 10.4. The Bertz CT molecular complexity index is 904. The molecule has 3 N–H and O–H groups in total. The highest BCUT2D eigenvalue weighted by atomic mass is 19.4. The molecule has 0 spiro atoms. The molecule has 0 aliphatic carbocycles. The summed E-state index contributed by atoms with van der Waals surface area (Å²) >= 11 is 0. The van der Waals surface area contributed by atoms with Crippen LogP contribution < -0.4 is 5.73 Å². The van der Waals surface area contributed by atoms with Gasteiger partial charge in [0.2, 0.25) is 5.91 Å². The van der Waals surface area contributed by atoms with E-state index < -0.39 is 30.7 Å². The molecule has 2 atom stereocenters. The Morgan fingerprint density at radius 1 is 1.10 bits per heavy atom. The van der Waals surface area contributed by atoms with Crippen molar-refractivity contribution < 1.29 is 23.1 Å². The van der Waals surface area contributed by atoms with Crippen LogP contribution in [0.4, 0.5) is 13.2 Å². The van der Waals surface area contributed by atoms with Gasteiger partial charge in [-0.3, -0.25) is 9.69 Å². The van der Waals surface area contributed by atoms with Crippen LogP contribution in [0.2, 0.25) is 0 Å². The van der Waals surface area contributed by atoms with Crippen LogP contribution >= 0.6 is 0 Å². The Morgan fingerprint density at radius 2 is 1.61 bits per heavy atom. The molecule has 0 radical (unpaired) electrons. The number of nitriles is 1. The molecule has 2 rings (SSSR count). The van der Waals surface area contributed by atoms with Crippen molar-refractivity contribution in [2.75, 3.05) is 6.54 Å². The first-order valence-electron chi connectivity index (χ1n) is 9.87. The summed E-state index contributed by atoms with van der Waals surface area (Å²) in [5.74, 6) is -0.976. The van der Waals surface area contributed by atoms with E-state index in [0.717, 1.165) is 16.0 Å². The van der Waals surface area contributed by atoms with Gasteiger partial charge in [0.1, 0.15) is 6.04 Å². The highest BCUT2D eigenvalue weighted by Crippen LogP contribution is 2.40. The van der Waals surface area contributed by atoms with Crippen molar-refractivity contribution in [1.82, 2.24) is 4.90 Å². The summed E-state index contributed by atoms with van der Waals surface area (Å²) in [6.07, 6.45) is -4.61. The molecule has 0 aliphatic heterocycles. The number of nitrogens with zero attached hydrogens (tertiary/aromatic N) is 2. The van der Waals surface area contributed by atoms with E-state index in [1.807, 2.05) is 0 Å². The average molecular weight is 433 g/mol. The van der Waals surface area contributed by atoms with Gasteiger partial charge < -0.3 is 10.8 Å². The average Bonchev–Trinajstić information content (AvgIpc) is 2.71. The Morgan fingerprint density at radius 3 is 2.00 bits per heavy atom. The lowest BCUT2D eigenvalue weighted by atomic mass is 9.95. The van der Waals surface area contributed by atoms with Crippen LogP contribution in [-0.4, -0.2) is 34.7 Å². The van der Waals surface area contributed by atoms with E-state index in [4.69, 9.17) is 16.1 Å². The number of hydrogen-bond donors (Lipinski definition) is 2. The summed E-state index contributed by atoms with van der Waals surface area (Å²) in [4.78, 5) is 12.8. The minimum Gasteiger partial charge on any atom is -0.392 e. The van der Waals surface area contributed by atoms with E-state index in [-0.39, 0.29) is 24.5 Å². The smallest absolute Gasteiger partial charge is 0.392 e. The molecule has 0 aromatic heterocycles. The summed E-state index contributed by atoms with van der Waals surface area (Å²) in [6, 6.07) is 11.2. The second-order valence-electron chi connectivity index (χ2n) is 7.80. The maximum absolute atomic E-state index is 14.1. The van der Waals surface area contributed by atoms with Gasteiger partial charge >= 0.3 is 6.18 Å². The summed E-state index contributed by atoms with van der Waals surface area (Å²) in [5.41, 5.74) is 7.57. The lowest BCUT2D eigenvalue weighted by Gasteiger charge is -2.37. The van der Waals surface area contributed by atoms with Gasteiger partial charge in [0.05, 0.1) is 25.3 Å². The second-order valence-corrected chi connectivity index (χ2v) is 7.80. The van der Waals surface area contributed by atoms with Crippen LogP contribution in [0.15, 0.2) is 48.5 Å². The third kappa shape index (κ3) is 6.29. The zero-order valence-corrected chi connectivity index (χ0v) is 17.4. The van der Waals surface area contributed by atoms with E-state index in [2.05, 4.69) is 0 Å². The molecule has 0 unspecified atom stereocenters. The number of nitrogens with two attached hydrogens (primary N) is 1. The number of amides is 1. The van der Waals surface area contributed by atoms with Crippen molar-refractivity contribution in [3.63, 3.8) is 0 Å². The van der Waals surface area contributed by atoms with Gasteiger partial charge in [-0.25, -0.2) is 0 Å². The minimum atomic E-state index is -4.72. The SMILES string of the molecule is CC(C)C[C@@H](C(N)=O)N(CC#N)[C@@H](c1ccc(-c2ccc(CO)cc2)cc1)C(F)(F)F. The number of benzene rings is 2. The molecule has 0 saturated heterocycles. The number of carbonyl (C=O) groups excluding carboxylic acids is 1. The van der Waals surface area contributed by atoms with Crippen molar-refractivity contribution in [2.24, 2.45) is 11.7 Å². The van der Waals surface area contributed by atoms with E-state index in [1.54, 1.807) is 56.3 Å². The molecule has 0 saturated carbocycles. The fourth-order valence-electron chi connectivity index (χ4n) is 3.55. The highest BCUT2D eigenvalue weighted by Gasteiger charge is 2.47. The van der Waals surface area contributed by atoms with Crippen molar-refractivity contribution in [1.29, 1.82) is 5.26 Å². The van der Waals surface area contributed by atoms with Crippen LogP contribution in [0.3, 0.4) is 0 Å². The molecule has 0 bridgehead atoms. The number of aliphatic hydroxyl groups excluding tert-OH is 1. The molecule has 166 valence electrons. The van der Waals surface area contributed by atoms with Crippen molar-refractivity contribution in [3.8, 4) is 17.2 Å². The van der Waals surface area contributed by atoms with Gasteiger partial charge in [0.15, 0.2) is 0 Å². The molecule has 2 aromatic rings. The molecule has 5 nitrogen and oxygen atoms in total. The number of carbonyl (C=O) groups is 1. The Kier molecular flexibility index (Phi) is 8.20. The van der Waals surface area contributed by atoms with Crippen LogP contribution in [0.25, 0.3) is 11.1 Å². The summed E-state index contributed by atoms with van der Waals surface area (Å²) in [5, 5.41) is 18.3. The van der Waals surface area contributed by atoms with Crippen LogP contribution in [0.5, 0.6) is 0 Å². The zero-order valence-electron chi connectivity index (χ0n) is 17.4. The third-order valence-corrected chi connectivity index (χ3v) is 5.01. The van der Waals surface area contributed by atoms with E-state index in [9.17, 15) is 18.0 Å². The standard InChI is InChI=1S/C23H26F3N3O2/c1-15(2)13-20(22(28)31)29(12-11-27)21(23(24,25)26)19-9-7-18(8-10-19)17-5-3-16(14-30)4-6-17/h3-10,15,20-21,30H,12-14H2,1-2H3,(H2,28,31)/t20-,21-/m0/s1. The normalized spacial score (nSPS) is 13.8. The zero-order chi connectivity index (χ0) is 23.2. The first kappa shape index (κ1) is 24.4. The predicted octanol–water partition coefficient (Wildman–Crippen LogP) is 4.17. The number of aliphatic hydroxyl groups is 1. The first-order valence-corrected chi connectivity index (χ1v) is 9.87. The third-order valence-electron chi connectivity index (χ3n) is 5.01. The summed E-state index contributed by atoms with van der Waals surface area (Å²) in [7, 11) is 0. The number of alkyl halides is 3. The van der Waals surface area contributed by atoms with Gasteiger partial charge in [-0.1, -0.05) is 62.4 Å². The molecular formula is C23H26F3N3O2. The minimum absolute atomic E-state index is 0.0755. The van der Waals surface area contributed by atoms with E-state index in [0.29, 0.717) is 5.56 Å². The summed E-state index contributed by atoms with van der Waals surface area (Å²) in [6.45, 7) is 2.87. The van der Waals surface area contributed by atoms with Crippen molar-refractivity contribution in [3.05, 3.63) is 59.7 Å². The lowest BCUT2D eigenvalue weighted by molar-refractivity contribution is -0.192. The Balaban J connectivity index is 2.46. The van der Waals surface area contributed by atoms with Gasteiger partial charge in [0.25, 0.3) is 0 Å². The molecule has 1 amide bonds. The number of rotatable bonds is 9. The van der Waals surface area contributed by atoms with Crippen molar-refractivity contribution in [2.45, 2.75) is 45.1 Å². The molecule has 0 heterocycles. The number of hydrogen-bond acceptors (Lipinski definition) is 4. The molecule has 0 fully saturated rings. The summed E-state index contributed by atoms with van der Waals surface area (Å²) < 4.78 is 42.4. The molecule has 2 aromatic carbocycles. The van der Waals surface area contributed by atoms with Crippen LogP contribution in [0.1, 0.15) is 37.4 Å². The van der Waals surface area contributed by atoms with Gasteiger partial charge in [0, 0.05) is 0 Å². The van der Waals surface area contributed by atoms with Crippen LogP contribution in [0, 0.1) is 17.2 Å². The lowest BCUT2D eigenvalue weighted by Crippen LogP contribution is -2.51. The fraction of sp³-hybridized carbons (Fsp3) is 0.391. The highest BCUT2D eigenvalue weighted by molar-refractivity contribution is 5.80. The monoisotopic (exact) mass is 433 g/mol. The topological polar surface area (TPSA) is 90.4 Å². The van der Waals surface area contributed by atoms with Gasteiger partial charge in [-0.15, -0.1) is 0 Å². The van der Waals surface area contributed by atoms with Crippen LogP contribution in [-0.2, 0) is 11.4 Å². The van der Waals surface area contributed by atoms with Gasteiger partial charge in [-0.2, -0.15) is 18.4 Å². The first-order chi connectivity index (χ1) is 14.6. The largest absolute Gasteiger partial charge is 0.408 e. The maximum Gasteiger partial charge on any atom is 0.408 e. The number of primary amides is 1. The predicted molar refractivity (Wildman–Crippen MR) is 111 cm³/mol. The molecule has 0 aliphatic rings.